The second-order valence-electron chi connectivity index (χ2n) is 7.31. The van der Waals surface area contributed by atoms with Crippen LogP contribution in [0.15, 0.2) is 35.3 Å². The van der Waals surface area contributed by atoms with Gasteiger partial charge in [0.2, 0.25) is 0 Å². The van der Waals surface area contributed by atoms with Crippen molar-refractivity contribution >= 4 is 5.96 Å². The van der Waals surface area contributed by atoms with E-state index >= 15 is 0 Å². The third-order valence-electron chi connectivity index (χ3n) is 4.85. The van der Waals surface area contributed by atoms with Gasteiger partial charge in [-0.15, -0.1) is 0 Å². The molecule has 0 bridgehead atoms. The first kappa shape index (κ1) is 21.7. The molecule has 0 aromatic heterocycles. The number of hydrogen-bond acceptors (Lipinski definition) is 3. The van der Waals surface area contributed by atoms with E-state index in [1.807, 2.05) is 0 Å². The Morgan fingerprint density at radius 3 is 2.78 bits per heavy atom. The molecule has 1 aliphatic rings. The van der Waals surface area contributed by atoms with E-state index in [1.165, 1.54) is 5.56 Å². The standard InChI is InChI=1S/C22H37N3O2/c1-3-23-22(25-19(2)10-11-20-8-5-4-6-9-20)24-14-7-15-27-18-21-12-16-26-17-13-21/h4-6,8-9,19,21H,3,7,10-18H2,1-2H3,(H2,23,24,25). The van der Waals surface area contributed by atoms with Crippen LogP contribution in [-0.2, 0) is 15.9 Å². The summed E-state index contributed by atoms with van der Waals surface area (Å²) in [7, 11) is 0. The Bertz CT molecular complexity index is 516. The zero-order valence-electron chi connectivity index (χ0n) is 17.1. The van der Waals surface area contributed by atoms with Gasteiger partial charge in [-0.25, -0.2) is 0 Å². The highest BCUT2D eigenvalue weighted by Gasteiger charge is 2.13. The number of aliphatic imine (C=N–C) groups is 1. The van der Waals surface area contributed by atoms with Crippen LogP contribution in [0.25, 0.3) is 0 Å². The maximum atomic E-state index is 5.82. The molecule has 152 valence electrons. The number of ether oxygens (including phenoxy) is 2. The van der Waals surface area contributed by atoms with Crippen LogP contribution in [-0.4, -0.2) is 51.5 Å². The van der Waals surface area contributed by atoms with E-state index < -0.39 is 0 Å². The molecule has 1 aromatic rings. The summed E-state index contributed by atoms with van der Waals surface area (Å²) >= 11 is 0. The van der Waals surface area contributed by atoms with Crippen molar-refractivity contribution in [2.45, 2.75) is 52.0 Å². The molecule has 1 fully saturated rings. The molecule has 1 atom stereocenters. The van der Waals surface area contributed by atoms with Gasteiger partial charge in [-0.1, -0.05) is 30.3 Å². The quantitative estimate of drug-likeness (QED) is 0.354. The summed E-state index contributed by atoms with van der Waals surface area (Å²) in [6.45, 7) is 9.39. The van der Waals surface area contributed by atoms with Crippen LogP contribution in [0.2, 0.25) is 0 Å². The summed E-state index contributed by atoms with van der Waals surface area (Å²) in [6, 6.07) is 11.0. The van der Waals surface area contributed by atoms with Gasteiger partial charge in [-0.05, 0) is 57.4 Å². The number of rotatable bonds is 11. The lowest BCUT2D eigenvalue weighted by molar-refractivity contribution is 0.0205. The third kappa shape index (κ3) is 9.78. The van der Waals surface area contributed by atoms with Crippen molar-refractivity contribution in [1.82, 2.24) is 10.6 Å². The maximum absolute atomic E-state index is 5.82. The van der Waals surface area contributed by atoms with Crippen LogP contribution >= 0.6 is 0 Å². The number of hydrogen-bond donors (Lipinski definition) is 2. The third-order valence-corrected chi connectivity index (χ3v) is 4.85. The monoisotopic (exact) mass is 375 g/mol. The summed E-state index contributed by atoms with van der Waals surface area (Å²) in [5.74, 6) is 1.58. The van der Waals surface area contributed by atoms with Crippen LogP contribution in [0.4, 0.5) is 0 Å². The van der Waals surface area contributed by atoms with Crippen LogP contribution in [0, 0.1) is 5.92 Å². The van der Waals surface area contributed by atoms with Crippen molar-refractivity contribution in [3.63, 3.8) is 0 Å². The lowest BCUT2D eigenvalue weighted by atomic mass is 10.0. The Hall–Kier alpha value is -1.59. The highest BCUT2D eigenvalue weighted by Crippen LogP contribution is 2.14. The van der Waals surface area contributed by atoms with Gasteiger partial charge in [0.15, 0.2) is 5.96 Å². The zero-order chi connectivity index (χ0) is 19.2. The first-order valence-electron chi connectivity index (χ1n) is 10.5. The van der Waals surface area contributed by atoms with E-state index in [-0.39, 0.29) is 0 Å². The van der Waals surface area contributed by atoms with Gasteiger partial charge in [0, 0.05) is 45.6 Å². The van der Waals surface area contributed by atoms with Crippen molar-refractivity contribution in [2.75, 3.05) is 39.5 Å². The fraction of sp³-hybridized carbons (Fsp3) is 0.682. The van der Waals surface area contributed by atoms with Gasteiger partial charge in [0.25, 0.3) is 0 Å². The predicted octanol–water partition coefficient (Wildman–Crippen LogP) is 3.40. The highest BCUT2D eigenvalue weighted by atomic mass is 16.5. The van der Waals surface area contributed by atoms with Gasteiger partial charge in [0.1, 0.15) is 0 Å². The average Bonchev–Trinajstić information content (AvgIpc) is 2.70. The molecule has 1 unspecified atom stereocenters. The van der Waals surface area contributed by atoms with Crippen LogP contribution in [0.3, 0.4) is 0 Å². The Kier molecular flexibility index (Phi) is 10.9. The summed E-state index contributed by atoms with van der Waals surface area (Å²) in [6.07, 6.45) is 5.39. The molecule has 2 rings (SSSR count). The zero-order valence-corrected chi connectivity index (χ0v) is 17.1. The van der Waals surface area contributed by atoms with E-state index in [4.69, 9.17) is 9.47 Å². The van der Waals surface area contributed by atoms with Crippen LogP contribution < -0.4 is 10.6 Å². The SMILES string of the molecule is CCNC(=NCCCOCC1CCOCC1)NC(C)CCc1ccccc1. The highest BCUT2D eigenvalue weighted by molar-refractivity contribution is 5.80. The predicted molar refractivity (Wildman–Crippen MR) is 112 cm³/mol. The summed E-state index contributed by atoms with van der Waals surface area (Å²) in [5, 5.41) is 6.85. The molecular formula is C22H37N3O2. The van der Waals surface area contributed by atoms with E-state index in [2.05, 4.69) is 59.8 Å². The van der Waals surface area contributed by atoms with Crippen LogP contribution in [0.5, 0.6) is 0 Å². The molecule has 0 spiro atoms. The molecule has 0 aliphatic carbocycles. The van der Waals surface area contributed by atoms with Crippen molar-refractivity contribution < 1.29 is 9.47 Å². The topological polar surface area (TPSA) is 54.9 Å². The Morgan fingerprint density at radius 1 is 1.26 bits per heavy atom. The van der Waals surface area contributed by atoms with Crippen molar-refractivity contribution in [3.05, 3.63) is 35.9 Å². The molecule has 1 saturated heterocycles. The van der Waals surface area contributed by atoms with Crippen LogP contribution in [0.1, 0.15) is 45.1 Å². The van der Waals surface area contributed by atoms with Gasteiger partial charge < -0.3 is 20.1 Å². The molecular weight excluding hydrogens is 338 g/mol. The molecule has 27 heavy (non-hydrogen) atoms. The molecule has 2 N–H and O–H groups in total. The lowest BCUT2D eigenvalue weighted by Crippen LogP contribution is -2.42. The number of nitrogens with one attached hydrogen (secondary N) is 2. The van der Waals surface area contributed by atoms with Gasteiger partial charge in [-0.2, -0.15) is 0 Å². The Morgan fingerprint density at radius 2 is 2.04 bits per heavy atom. The van der Waals surface area contributed by atoms with Gasteiger partial charge >= 0.3 is 0 Å². The smallest absolute Gasteiger partial charge is 0.191 e. The summed E-state index contributed by atoms with van der Waals surface area (Å²) in [4.78, 5) is 4.69. The molecule has 1 aliphatic heterocycles. The van der Waals surface area contributed by atoms with E-state index in [9.17, 15) is 0 Å². The minimum atomic E-state index is 0.382. The summed E-state index contributed by atoms with van der Waals surface area (Å²) < 4.78 is 11.2. The normalized spacial score (nSPS) is 16.9. The second kappa shape index (κ2) is 13.6. The molecule has 5 nitrogen and oxygen atoms in total. The Labute approximate surface area is 164 Å². The van der Waals surface area contributed by atoms with Gasteiger partial charge in [0.05, 0.1) is 0 Å². The van der Waals surface area contributed by atoms with E-state index in [0.29, 0.717) is 12.0 Å². The van der Waals surface area contributed by atoms with E-state index in [1.54, 1.807) is 0 Å². The number of guanidine groups is 1. The lowest BCUT2D eigenvalue weighted by Gasteiger charge is -2.21. The number of benzene rings is 1. The largest absolute Gasteiger partial charge is 0.381 e. The number of nitrogens with zero attached hydrogens (tertiary/aromatic N) is 1. The van der Waals surface area contributed by atoms with Crippen molar-refractivity contribution in [3.8, 4) is 0 Å². The minimum Gasteiger partial charge on any atom is -0.381 e. The van der Waals surface area contributed by atoms with Crippen molar-refractivity contribution in [2.24, 2.45) is 10.9 Å². The summed E-state index contributed by atoms with van der Waals surface area (Å²) in [5.41, 5.74) is 1.38. The average molecular weight is 376 g/mol. The molecule has 5 heteroatoms. The fourth-order valence-corrected chi connectivity index (χ4v) is 3.17. The maximum Gasteiger partial charge on any atom is 0.191 e. The van der Waals surface area contributed by atoms with Crippen molar-refractivity contribution in [1.29, 1.82) is 0 Å². The van der Waals surface area contributed by atoms with E-state index in [0.717, 1.165) is 77.6 Å². The minimum absolute atomic E-state index is 0.382. The molecule has 0 saturated carbocycles. The fourth-order valence-electron chi connectivity index (χ4n) is 3.17. The molecule has 0 amide bonds. The molecule has 1 aromatic carbocycles. The second-order valence-corrected chi connectivity index (χ2v) is 7.31. The molecule has 1 heterocycles. The number of aryl methyl sites for hydroxylation is 1. The van der Waals surface area contributed by atoms with Gasteiger partial charge in [-0.3, -0.25) is 4.99 Å². The molecule has 0 radical (unpaired) electrons. The Balaban J connectivity index is 1.60. The first-order valence-corrected chi connectivity index (χ1v) is 10.5. The first-order chi connectivity index (χ1) is 13.3.